The van der Waals surface area contributed by atoms with E-state index in [1.165, 1.54) is 6.07 Å². The van der Waals surface area contributed by atoms with E-state index in [9.17, 15) is 14.9 Å². The minimum Gasteiger partial charge on any atom is -0.345 e. The van der Waals surface area contributed by atoms with Crippen molar-refractivity contribution < 1.29 is 9.72 Å². The van der Waals surface area contributed by atoms with Crippen LogP contribution in [0.2, 0.25) is 0 Å². The van der Waals surface area contributed by atoms with Crippen molar-refractivity contribution >= 4 is 23.2 Å². The Bertz CT molecular complexity index is 499. The van der Waals surface area contributed by atoms with Crippen molar-refractivity contribution in [2.24, 2.45) is 0 Å². The van der Waals surface area contributed by atoms with Crippen LogP contribution in [0.1, 0.15) is 36.2 Å². The van der Waals surface area contributed by atoms with Gasteiger partial charge >= 0.3 is 0 Å². The van der Waals surface area contributed by atoms with E-state index in [1.807, 2.05) is 6.92 Å². The molecule has 104 valence electrons. The highest BCUT2D eigenvalue weighted by Gasteiger charge is 2.28. The van der Waals surface area contributed by atoms with Gasteiger partial charge in [-0.3, -0.25) is 14.9 Å². The molecule has 0 aliphatic rings. The number of carbonyl (C=O) groups excluding carboxylic acids is 1. The van der Waals surface area contributed by atoms with Crippen LogP contribution in [0.3, 0.4) is 0 Å². The third-order valence-electron chi connectivity index (χ3n) is 3.16. The topological polar surface area (TPSA) is 72.2 Å². The molecule has 0 heterocycles. The molecule has 1 aromatic carbocycles. The number of benzene rings is 1. The summed E-state index contributed by atoms with van der Waals surface area (Å²) in [5.41, 5.74) is -0.208. The molecule has 0 saturated heterocycles. The smallest absolute Gasteiger partial charge is 0.285 e. The molecule has 19 heavy (non-hydrogen) atoms. The van der Waals surface area contributed by atoms with Crippen LogP contribution >= 0.6 is 11.6 Å². The summed E-state index contributed by atoms with van der Waals surface area (Å²) in [5, 5.41) is 13.8. The van der Waals surface area contributed by atoms with Crippen LogP contribution in [0.25, 0.3) is 0 Å². The second-order valence-corrected chi connectivity index (χ2v) is 5.00. The summed E-state index contributed by atoms with van der Waals surface area (Å²) >= 11 is 5.83. The number of rotatable bonds is 5. The van der Waals surface area contributed by atoms with Crippen molar-refractivity contribution in [3.63, 3.8) is 0 Å². The molecule has 1 atom stereocenters. The summed E-state index contributed by atoms with van der Waals surface area (Å²) in [4.78, 5) is 22.7. The van der Waals surface area contributed by atoms with Crippen molar-refractivity contribution in [2.75, 3.05) is 5.88 Å². The number of hydrogen-bond donors (Lipinski definition) is 1. The first-order chi connectivity index (χ1) is 8.84. The summed E-state index contributed by atoms with van der Waals surface area (Å²) in [6, 6.07) is 4.68. The third kappa shape index (κ3) is 3.44. The summed E-state index contributed by atoms with van der Waals surface area (Å²) in [5.74, 6) is -0.227. The van der Waals surface area contributed by atoms with Gasteiger partial charge in [-0.25, -0.2) is 0 Å². The Morgan fingerprint density at radius 1 is 1.53 bits per heavy atom. The molecule has 0 aliphatic heterocycles. The normalized spacial score (nSPS) is 13.7. The van der Waals surface area contributed by atoms with Crippen LogP contribution < -0.4 is 5.32 Å². The molecule has 1 amide bonds. The number of aryl methyl sites for hydroxylation is 1. The number of carbonyl (C=O) groups is 1. The monoisotopic (exact) mass is 284 g/mol. The Morgan fingerprint density at radius 2 is 2.16 bits per heavy atom. The number of nitrogens with zero attached hydrogens (tertiary/aromatic N) is 1. The lowest BCUT2D eigenvalue weighted by molar-refractivity contribution is -0.385. The van der Waals surface area contributed by atoms with Crippen LogP contribution in [0, 0.1) is 17.0 Å². The fourth-order valence-corrected chi connectivity index (χ4v) is 1.90. The molecular formula is C13H17ClN2O3. The van der Waals surface area contributed by atoms with Crippen LogP contribution in [-0.2, 0) is 0 Å². The maximum Gasteiger partial charge on any atom is 0.285 e. The van der Waals surface area contributed by atoms with Gasteiger partial charge < -0.3 is 5.32 Å². The van der Waals surface area contributed by atoms with Crippen LogP contribution in [-0.4, -0.2) is 22.2 Å². The largest absolute Gasteiger partial charge is 0.345 e. The van der Waals surface area contributed by atoms with Crippen molar-refractivity contribution in [1.29, 1.82) is 0 Å². The lowest BCUT2D eigenvalue weighted by Crippen LogP contribution is -2.47. The Labute approximate surface area is 117 Å². The first-order valence-electron chi connectivity index (χ1n) is 5.97. The average Bonchev–Trinajstić information content (AvgIpc) is 2.37. The summed E-state index contributed by atoms with van der Waals surface area (Å²) in [7, 11) is 0. The number of amides is 1. The number of nitro groups is 1. The van der Waals surface area contributed by atoms with E-state index in [1.54, 1.807) is 26.0 Å². The molecule has 0 fully saturated rings. The van der Waals surface area contributed by atoms with Gasteiger partial charge in [-0.05, 0) is 26.3 Å². The van der Waals surface area contributed by atoms with Gasteiger partial charge in [0.15, 0.2) is 0 Å². The molecule has 0 spiro atoms. The van der Waals surface area contributed by atoms with Crippen molar-refractivity contribution in [2.45, 2.75) is 32.7 Å². The third-order valence-corrected chi connectivity index (χ3v) is 3.75. The van der Waals surface area contributed by atoms with E-state index in [2.05, 4.69) is 5.32 Å². The highest BCUT2D eigenvalue weighted by atomic mass is 35.5. The molecule has 1 N–H and O–H groups in total. The number of alkyl halides is 1. The van der Waals surface area contributed by atoms with Gasteiger partial charge in [0.25, 0.3) is 11.6 Å². The minimum atomic E-state index is -0.573. The molecule has 5 nitrogen and oxygen atoms in total. The molecule has 0 bridgehead atoms. The highest BCUT2D eigenvalue weighted by Crippen LogP contribution is 2.24. The second kappa shape index (κ2) is 6.02. The Hall–Kier alpha value is -1.62. The lowest BCUT2D eigenvalue weighted by atomic mass is 10.00. The molecule has 1 rings (SSSR count). The van der Waals surface area contributed by atoms with Gasteiger partial charge in [0.1, 0.15) is 5.56 Å². The van der Waals surface area contributed by atoms with Crippen LogP contribution in [0.15, 0.2) is 18.2 Å². The van der Waals surface area contributed by atoms with E-state index in [4.69, 9.17) is 11.6 Å². The fraction of sp³-hybridized carbons (Fsp3) is 0.462. The van der Waals surface area contributed by atoms with Crippen molar-refractivity contribution in [3.05, 3.63) is 39.4 Å². The number of hydrogen-bond acceptors (Lipinski definition) is 3. The zero-order valence-electron chi connectivity index (χ0n) is 11.2. The van der Waals surface area contributed by atoms with E-state index in [0.29, 0.717) is 12.0 Å². The predicted octanol–water partition coefficient (Wildman–Crippen LogP) is 3.04. The van der Waals surface area contributed by atoms with E-state index >= 15 is 0 Å². The Balaban J connectivity index is 3.14. The number of halogens is 1. The molecule has 0 aromatic heterocycles. The van der Waals surface area contributed by atoms with Gasteiger partial charge in [0.2, 0.25) is 0 Å². The SMILES string of the molecule is CCC(C)(CCl)NC(=O)c1cccc(C)c1[N+](=O)[O-]. The number of para-hydroxylation sites is 1. The predicted molar refractivity (Wildman–Crippen MR) is 74.7 cm³/mol. The molecule has 0 radical (unpaired) electrons. The number of nitro benzene ring substituents is 1. The van der Waals surface area contributed by atoms with E-state index < -0.39 is 16.4 Å². The first-order valence-corrected chi connectivity index (χ1v) is 6.50. The quantitative estimate of drug-likeness (QED) is 0.513. The zero-order valence-corrected chi connectivity index (χ0v) is 12.0. The molecule has 6 heteroatoms. The van der Waals surface area contributed by atoms with Gasteiger partial charge in [-0.2, -0.15) is 0 Å². The molecular weight excluding hydrogens is 268 g/mol. The van der Waals surface area contributed by atoms with Gasteiger partial charge in [-0.15, -0.1) is 11.6 Å². The van der Waals surface area contributed by atoms with Crippen LogP contribution in [0.5, 0.6) is 0 Å². The number of nitrogens with one attached hydrogen (secondary N) is 1. The molecule has 1 aromatic rings. The summed E-state index contributed by atoms with van der Waals surface area (Å²) in [6.07, 6.45) is 0.641. The molecule has 0 saturated carbocycles. The Morgan fingerprint density at radius 3 is 2.63 bits per heavy atom. The highest BCUT2D eigenvalue weighted by molar-refractivity contribution is 6.19. The fourth-order valence-electron chi connectivity index (χ4n) is 1.64. The molecule has 0 aliphatic carbocycles. The summed E-state index contributed by atoms with van der Waals surface area (Å²) in [6.45, 7) is 5.31. The molecule has 1 unspecified atom stereocenters. The van der Waals surface area contributed by atoms with Gasteiger partial charge in [0, 0.05) is 11.4 Å². The van der Waals surface area contributed by atoms with E-state index in [-0.39, 0.29) is 17.1 Å². The van der Waals surface area contributed by atoms with Crippen LogP contribution in [0.4, 0.5) is 5.69 Å². The summed E-state index contributed by atoms with van der Waals surface area (Å²) < 4.78 is 0. The van der Waals surface area contributed by atoms with E-state index in [0.717, 1.165) is 0 Å². The maximum atomic E-state index is 12.2. The Kier molecular flexibility index (Phi) is 4.89. The zero-order chi connectivity index (χ0) is 14.6. The van der Waals surface area contributed by atoms with Crippen molar-refractivity contribution in [1.82, 2.24) is 5.32 Å². The standard InChI is InChI=1S/C13H17ClN2O3/c1-4-13(3,8-14)15-12(17)10-7-5-6-9(2)11(10)16(18)19/h5-7H,4,8H2,1-3H3,(H,15,17). The lowest BCUT2D eigenvalue weighted by Gasteiger charge is -2.27. The van der Waals surface area contributed by atoms with Gasteiger partial charge in [-0.1, -0.05) is 19.1 Å². The first kappa shape index (κ1) is 15.4. The van der Waals surface area contributed by atoms with Gasteiger partial charge in [0.05, 0.1) is 10.5 Å². The maximum absolute atomic E-state index is 12.2. The second-order valence-electron chi connectivity index (χ2n) is 4.73. The van der Waals surface area contributed by atoms with Crippen molar-refractivity contribution in [3.8, 4) is 0 Å². The minimum absolute atomic E-state index is 0.0646. The average molecular weight is 285 g/mol.